The largest absolute Gasteiger partial charge is 0.455 e. The Kier molecular flexibility index (Phi) is 6.18. The van der Waals surface area contributed by atoms with Gasteiger partial charge in [-0.1, -0.05) is 146 Å². The van der Waals surface area contributed by atoms with Crippen molar-refractivity contribution in [2.45, 2.75) is 0 Å². The molecule has 3 heteroatoms. The van der Waals surface area contributed by atoms with Crippen LogP contribution in [0.4, 0.5) is 17.1 Å². The highest BCUT2D eigenvalue weighted by atomic mass is 16.3. The number of benzene rings is 8. The Morgan fingerprint density at radius 2 is 0.898 bits per heavy atom. The van der Waals surface area contributed by atoms with E-state index in [1.165, 1.54) is 11.1 Å². The zero-order chi connectivity index (χ0) is 32.3. The average Bonchev–Trinajstić information content (AvgIpc) is 3.75. The third-order valence-electron chi connectivity index (χ3n) is 9.67. The van der Waals surface area contributed by atoms with Gasteiger partial charge in [-0.25, -0.2) is 0 Å². The molecule has 0 spiro atoms. The first-order valence-corrected chi connectivity index (χ1v) is 16.6. The van der Waals surface area contributed by atoms with Crippen molar-refractivity contribution in [2.24, 2.45) is 0 Å². The standard InChI is InChI=1S/C46H29NO2/c1-3-13-30(14-4-1)31-25-27-33(28-26-31)47(41-23-12-22-38-36-18-9-10-24-43(36)48-46(38)41)42-29-40-39-21-11-20-34(32-15-5-2-6-16-32)44(39)49-45(40)37-19-8-7-17-35(37)42/h1-29H. The van der Waals surface area contributed by atoms with Gasteiger partial charge in [0, 0.05) is 43.6 Å². The number of hydrogen-bond donors (Lipinski definition) is 0. The maximum atomic E-state index is 6.84. The van der Waals surface area contributed by atoms with E-state index >= 15 is 0 Å². The lowest BCUT2D eigenvalue weighted by atomic mass is 9.99. The first-order valence-electron chi connectivity index (χ1n) is 16.6. The predicted octanol–water partition coefficient (Wildman–Crippen LogP) is 13.4. The van der Waals surface area contributed by atoms with Crippen molar-refractivity contribution in [3.05, 3.63) is 176 Å². The number of anilines is 3. The van der Waals surface area contributed by atoms with Crippen molar-refractivity contribution in [3.63, 3.8) is 0 Å². The van der Waals surface area contributed by atoms with Gasteiger partial charge in [-0.2, -0.15) is 0 Å². The van der Waals surface area contributed by atoms with Gasteiger partial charge in [0.05, 0.1) is 11.4 Å². The number of hydrogen-bond acceptors (Lipinski definition) is 3. The van der Waals surface area contributed by atoms with Gasteiger partial charge in [-0.15, -0.1) is 0 Å². The van der Waals surface area contributed by atoms with E-state index in [1.54, 1.807) is 0 Å². The Balaban J connectivity index is 1.28. The van der Waals surface area contributed by atoms with Gasteiger partial charge in [0.1, 0.15) is 16.7 Å². The summed E-state index contributed by atoms with van der Waals surface area (Å²) < 4.78 is 13.5. The first kappa shape index (κ1) is 27.5. The minimum atomic E-state index is 0.850. The first-order chi connectivity index (χ1) is 24.3. The van der Waals surface area contributed by atoms with E-state index in [9.17, 15) is 0 Å². The van der Waals surface area contributed by atoms with Crippen LogP contribution in [0, 0.1) is 0 Å². The van der Waals surface area contributed by atoms with Gasteiger partial charge in [-0.3, -0.25) is 0 Å². The summed E-state index contributed by atoms with van der Waals surface area (Å²) in [5, 5.41) is 6.51. The number of fused-ring (bicyclic) bond motifs is 8. The molecule has 0 saturated heterocycles. The summed E-state index contributed by atoms with van der Waals surface area (Å²) in [6.07, 6.45) is 0. The van der Waals surface area contributed by atoms with E-state index < -0.39 is 0 Å². The van der Waals surface area contributed by atoms with E-state index in [1.807, 2.05) is 18.2 Å². The molecule has 0 bridgehead atoms. The van der Waals surface area contributed by atoms with Crippen molar-refractivity contribution in [1.29, 1.82) is 0 Å². The Morgan fingerprint density at radius 3 is 1.67 bits per heavy atom. The third kappa shape index (κ3) is 4.37. The van der Waals surface area contributed by atoms with Gasteiger partial charge in [0.2, 0.25) is 0 Å². The van der Waals surface area contributed by atoms with Crippen LogP contribution in [-0.2, 0) is 0 Å². The van der Waals surface area contributed by atoms with Crippen LogP contribution in [-0.4, -0.2) is 0 Å². The molecule has 0 saturated carbocycles. The van der Waals surface area contributed by atoms with Crippen LogP contribution < -0.4 is 4.90 Å². The molecule has 10 aromatic rings. The van der Waals surface area contributed by atoms with E-state index in [4.69, 9.17) is 8.83 Å². The fourth-order valence-corrected chi connectivity index (χ4v) is 7.38. The summed E-state index contributed by atoms with van der Waals surface area (Å²) in [6.45, 7) is 0. The normalized spacial score (nSPS) is 11.7. The number of para-hydroxylation sites is 3. The van der Waals surface area contributed by atoms with E-state index in [0.29, 0.717) is 0 Å². The molecule has 0 radical (unpaired) electrons. The SMILES string of the molecule is c1ccc(-c2ccc(N(c3cc4c5cccc(-c6ccccc6)c5oc4c4ccccc34)c3cccc4c3oc3ccccc34)cc2)cc1. The highest BCUT2D eigenvalue weighted by molar-refractivity contribution is 6.22. The summed E-state index contributed by atoms with van der Waals surface area (Å²) in [7, 11) is 0. The molecule has 3 nitrogen and oxygen atoms in total. The molecule has 2 heterocycles. The lowest BCUT2D eigenvalue weighted by molar-refractivity contribution is 0.669. The molecular formula is C46H29NO2. The average molecular weight is 628 g/mol. The van der Waals surface area contributed by atoms with Gasteiger partial charge < -0.3 is 13.7 Å². The predicted molar refractivity (Wildman–Crippen MR) is 204 cm³/mol. The lowest BCUT2D eigenvalue weighted by Crippen LogP contribution is -2.11. The Hall–Kier alpha value is -6.58. The quantitative estimate of drug-likeness (QED) is 0.190. The number of rotatable bonds is 5. The van der Waals surface area contributed by atoms with Crippen LogP contribution in [0.25, 0.3) is 76.9 Å². The van der Waals surface area contributed by atoms with E-state index in [-0.39, 0.29) is 0 Å². The van der Waals surface area contributed by atoms with Gasteiger partial charge in [0.15, 0.2) is 5.58 Å². The van der Waals surface area contributed by atoms with E-state index in [0.717, 1.165) is 82.8 Å². The van der Waals surface area contributed by atoms with Crippen LogP contribution in [0.3, 0.4) is 0 Å². The van der Waals surface area contributed by atoms with Crippen molar-refractivity contribution in [2.75, 3.05) is 4.90 Å². The van der Waals surface area contributed by atoms with Gasteiger partial charge in [-0.05, 0) is 47.0 Å². The van der Waals surface area contributed by atoms with Crippen molar-refractivity contribution >= 4 is 71.7 Å². The maximum absolute atomic E-state index is 6.84. The second-order valence-corrected chi connectivity index (χ2v) is 12.5. The molecule has 10 rings (SSSR count). The monoisotopic (exact) mass is 627 g/mol. The van der Waals surface area contributed by atoms with Crippen LogP contribution in [0.5, 0.6) is 0 Å². The molecule has 0 unspecified atom stereocenters. The van der Waals surface area contributed by atoms with Crippen molar-refractivity contribution in [3.8, 4) is 22.3 Å². The fourth-order valence-electron chi connectivity index (χ4n) is 7.38. The van der Waals surface area contributed by atoms with E-state index in [2.05, 4.69) is 163 Å². The fraction of sp³-hybridized carbons (Fsp3) is 0. The number of furan rings is 2. The molecule has 49 heavy (non-hydrogen) atoms. The highest BCUT2D eigenvalue weighted by Gasteiger charge is 2.24. The molecule has 0 N–H and O–H groups in total. The lowest BCUT2D eigenvalue weighted by Gasteiger charge is -2.27. The summed E-state index contributed by atoms with van der Waals surface area (Å²) >= 11 is 0. The van der Waals surface area contributed by atoms with Crippen LogP contribution in [0.1, 0.15) is 0 Å². The maximum Gasteiger partial charge on any atom is 0.159 e. The topological polar surface area (TPSA) is 29.5 Å². The number of nitrogens with zero attached hydrogens (tertiary/aromatic N) is 1. The summed E-state index contributed by atoms with van der Waals surface area (Å²) in [6, 6.07) is 61.8. The van der Waals surface area contributed by atoms with Crippen LogP contribution >= 0.6 is 0 Å². The minimum absolute atomic E-state index is 0.850. The molecule has 8 aromatic carbocycles. The molecule has 0 atom stereocenters. The van der Waals surface area contributed by atoms with Crippen molar-refractivity contribution in [1.82, 2.24) is 0 Å². The summed E-state index contributed by atoms with van der Waals surface area (Å²) in [4.78, 5) is 2.35. The Morgan fingerprint density at radius 1 is 0.327 bits per heavy atom. The molecule has 0 aliphatic rings. The smallest absolute Gasteiger partial charge is 0.159 e. The second kappa shape index (κ2) is 11.0. The molecule has 0 aliphatic carbocycles. The zero-order valence-corrected chi connectivity index (χ0v) is 26.5. The Labute approximate surface area is 282 Å². The van der Waals surface area contributed by atoms with Crippen molar-refractivity contribution < 1.29 is 8.83 Å². The zero-order valence-electron chi connectivity index (χ0n) is 26.5. The molecule has 0 aliphatic heterocycles. The second-order valence-electron chi connectivity index (χ2n) is 12.5. The molecule has 0 fully saturated rings. The van der Waals surface area contributed by atoms with Gasteiger partial charge in [0.25, 0.3) is 0 Å². The molecule has 2 aromatic heterocycles. The Bertz CT molecular complexity index is 2810. The highest BCUT2D eigenvalue weighted by Crippen LogP contribution is 2.48. The van der Waals surface area contributed by atoms with Crippen LogP contribution in [0.15, 0.2) is 185 Å². The summed E-state index contributed by atoms with van der Waals surface area (Å²) in [5.41, 5.74) is 11.1. The molecule has 230 valence electrons. The molecular weight excluding hydrogens is 599 g/mol. The third-order valence-corrected chi connectivity index (χ3v) is 9.67. The van der Waals surface area contributed by atoms with Crippen LogP contribution in [0.2, 0.25) is 0 Å². The van der Waals surface area contributed by atoms with Gasteiger partial charge >= 0.3 is 0 Å². The molecule has 0 amide bonds. The minimum Gasteiger partial charge on any atom is -0.455 e. The summed E-state index contributed by atoms with van der Waals surface area (Å²) in [5.74, 6) is 0.